The van der Waals surface area contributed by atoms with Crippen LogP contribution in [-0.4, -0.2) is 29.0 Å². The summed E-state index contributed by atoms with van der Waals surface area (Å²) in [5.74, 6) is 0. The summed E-state index contributed by atoms with van der Waals surface area (Å²) >= 11 is 0. The summed E-state index contributed by atoms with van der Waals surface area (Å²) in [6.07, 6.45) is 13.1. The van der Waals surface area contributed by atoms with Crippen LogP contribution < -0.4 is 5.73 Å². The van der Waals surface area contributed by atoms with Gasteiger partial charge >= 0.3 is 0 Å². The maximum absolute atomic E-state index is 9.56. The molecule has 0 saturated heterocycles. The topological polar surface area (TPSA) is 66.5 Å². The third-order valence-corrected chi connectivity index (χ3v) is 3.56. The number of hydrogen-bond donors (Lipinski definition) is 3. The summed E-state index contributed by atoms with van der Waals surface area (Å²) in [5, 5.41) is 18.3. The van der Waals surface area contributed by atoms with E-state index in [0.29, 0.717) is 0 Å². The molecule has 0 rings (SSSR count). The molecule has 4 N–H and O–H groups in total. The van der Waals surface area contributed by atoms with Crippen molar-refractivity contribution < 1.29 is 10.2 Å². The van der Waals surface area contributed by atoms with Crippen molar-refractivity contribution in [2.75, 3.05) is 6.61 Å². The van der Waals surface area contributed by atoms with Crippen LogP contribution in [0.2, 0.25) is 0 Å². The molecular weight excluding hydrogens is 226 g/mol. The molecule has 0 amide bonds. The lowest BCUT2D eigenvalue weighted by molar-refractivity contribution is 0.0990. The van der Waals surface area contributed by atoms with Crippen molar-refractivity contribution in [3.05, 3.63) is 0 Å². The van der Waals surface area contributed by atoms with E-state index in [9.17, 15) is 5.11 Å². The standard InChI is InChI=1S/C15H33NO2/c1-2-3-4-5-6-7-8-9-10-11-12-15(18)14(16)13-17/h14-15,17-18H,2-13,16H2,1H3/t14-,15+/m1/s1. The summed E-state index contributed by atoms with van der Waals surface area (Å²) in [5.41, 5.74) is 5.54. The van der Waals surface area contributed by atoms with E-state index in [2.05, 4.69) is 6.92 Å². The van der Waals surface area contributed by atoms with Crippen molar-refractivity contribution in [1.82, 2.24) is 0 Å². The zero-order valence-corrected chi connectivity index (χ0v) is 12.1. The summed E-state index contributed by atoms with van der Waals surface area (Å²) in [4.78, 5) is 0. The Morgan fingerprint density at radius 2 is 1.28 bits per heavy atom. The van der Waals surface area contributed by atoms with Crippen molar-refractivity contribution in [2.45, 2.75) is 89.7 Å². The van der Waals surface area contributed by atoms with Crippen LogP contribution in [0, 0.1) is 0 Å². The van der Waals surface area contributed by atoms with Crippen LogP contribution in [-0.2, 0) is 0 Å². The number of hydrogen-bond acceptors (Lipinski definition) is 3. The Balaban J connectivity index is 3.11. The van der Waals surface area contributed by atoms with E-state index in [1.165, 1.54) is 57.8 Å². The summed E-state index contributed by atoms with van der Waals surface area (Å²) in [6.45, 7) is 2.12. The van der Waals surface area contributed by atoms with Crippen molar-refractivity contribution in [3.8, 4) is 0 Å². The minimum absolute atomic E-state index is 0.126. The predicted octanol–water partition coefficient (Wildman–Crippen LogP) is 2.98. The van der Waals surface area contributed by atoms with Crippen LogP contribution in [0.5, 0.6) is 0 Å². The van der Waals surface area contributed by atoms with Gasteiger partial charge in [-0.05, 0) is 6.42 Å². The van der Waals surface area contributed by atoms with Crippen molar-refractivity contribution >= 4 is 0 Å². The van der Waals surface area contributed by atoms with E-state index < -0.39 is 12.1 Å². The van der Waals surface area contributed by atoms with Gasteiger partial charge in [-0.2, -0.15) is 0 Å². The van der Waals surface area contributed by atoms with Gasteiger partial charge < -0.3 is 15.9 Å². The molecule has 18 heavy (non-hydrogen) atoms. The van der Waals surface area contributed by atoms with Gasteiger partial charge in [-0.25, -0.2) is 0 Å². The Bertz CT molecular complexity index is 165. The number of aliphatic hydroxyl groups excluding tert-OH is 2. The summed E-state index contributed by atoms with van der Waals surface area (Å²) in [6, 6.07) is -0.469. The molecule has 0 fully saturated rings. The Hall–Kier alpha value is -0.120. The fourth-order valence-electron chi connectivity index (χ4n) is 2.18. The highest BCUT2D eigenvalue weighted by atomic mass is 16.3. The number of nitrogens with two attached hydrogens (primary N) is 1. The van der Waals surface area contributed by atoms with Crippen molar-refractivity contribution in [3.63, 3.8) is 0 Å². The highest BCUT2D eigenvalue weighted by molar-refractivity contribution is 4.70. The number of aliphatic hydroxyl groups is 2. The van der Waals surface area contributed by atoms with Crippen LogP contribution >= 0.6 is 0 Å². The molecule has 0 aromatic heterocycles. The van der Waals surface area contributed by atoms with Gasteiger partial charge in [0.05, 0.1) is 18.8 Å². The Kier molecular flexibility index (Phi) is 13.2. The average molecular weight is 259 g/mol. The molecule has 3 nitrogen and oxygen atoms in total. The fourth-order valence-corrected chi connectivity index (χ4v) is 2.18. The highest BCUT2D eigenvalue weighted by Gasteiger charge is 2.12. The molecule has 0 bridgehead atoms. The predicted molar refractivity (Wildman–Crippen MR) is 77.5 cm³/mol. The zero-order chi connectivity index (χ0) is 13.6. The van der Waals surface area contributed by atoms with E-state index in [4.69, 9.17) is 10.8 Å². The molecule has 0 aliphatic carbocycles. The van der Waals surface area contributed by atoms with E-state index in [1.807, 2.05) is 0 Å². The molecule has 0 saturated carbocycles. The van der Waals surface area contributed by atoms with E-state index in [1.54, 1.807) is 0 Å². The number of unbranched alkanes of at least 4 members (excludes halogenated alkanes) is 9. The monoisotopic (exact) mass is 259 g/mol. The van der Waals surface area contributed by atoms with Crippen LogP contribution in [0.1, 0.15) is 77.6 Å². The molecule has 0 spiro atoms. The Labute approximate surface area is 113 Å². The molecule has 0 aliphatic rings. The number of rotatable bonds is 13. The largest absolute Gasteiger partial charge is 0.395 e. The van der Waals surface area contributed by atoms with Crippen LogP contribution in [0.4, 0.5) is 0 Å². The maximum atomic E-state index is 9.56. The van der Waals surface area contributed by atoms with Gasteiger partial charge in [-0.1, -0.05) is 71.1 Å². The quantitative estimate of drug-likeness (QED) is 0.445. The van der Waals surface area contributed by atoms with Gasteiger partial charge in [-0.3, -0.25) is 0 Å². The second kappa shape index (κ2) is 13.3. The Morgan fingerprint density at radius 1 is 0.833 bits per heavy atom. The van der Waals surface area contributed by atoms with Gasteiger partial charge in [0.1, 0.15) is 0 Å². The molecule has 110 valence electrons. The zero-order valence-electron chi connectivity index (χ0n) is 12.1. The molecule has 0 aromatic carbocycles. The normalized spacial score (nSPS) is 14.7. The molecule has 3 heteroatoms. The molecule has 0 aliphatic heterocycles. The lowest BCUT2D eigenvalue weighted by Crippen LogP contribution is -2.37. The van der Waals surface area contributed by atoms with Gasteiger partial charge in [0.15, 0.2) is 0 Å². The first kappa shape index (κ1) is 17.9. The van der Waals surface area contributed by atoms with Crippen LogP contribution in [0.15, 0.2) is 0 Å². The summed E-state index contributed by atoms with van der Waals surface area (Å²) in [7, 11) is 0. The minimum atomic E-state index is -0.538. The lowest BCUT2D eigenvalue weighted by atomic mass is 10.0. The van der Waals surface area contributed by atoms with Crippen molar-refractivity contribution in [1.29, 1.82) is 0 Å². The minimum Gasteiger partial charge on any atom is -0.395 e. The third kappa shape index (κ3) is 11.0. The SMILES string of the molecule is CCCCCCCCCCCC[C@H](O)[C@H](N)CO. The highest BCUT2D eigenvalue weighted by Crippen LogP contribution is 2.12. The van der Waals surface area contributed by atoms with E-state index in [-0.39, 0.29) is 6.61 Å². The van der Waals surface area contributed by atoms with E-state index >= 15 is 0 Å². The maximum Gasteiger partial charge on any atom is 0.0713 e. The molecule has 0 unspecified atom stereocenters. The fraction of sp³-hybridized carbons (Fsp3) is 1.00. The Morgan fingerprint density at radius 3 is 1.72 bits per heavy atom. The van der Waals surface area contributed by atoms with Crippen molar-refractivity contribution in [2.24, 2.45) is 5.73 Å². The molecule has 0 radical (unpaired) electrons. The van der Waals surface area contributed by atoms with E-state index in [0.717, 1.165) is 12.8 Å². The van der Waals surface area contributed by atoms with Gasteiger partial charge in [0, 0.05) is 0 Å². The molecular formula is C15H33NO2. The first-order chi connectivity index (χ1) is 8.72. The average Bonchev–Trinajstić information content (AvgIpc) is 2.39. The summed E-state index contributed by atoms with van der Waals surface area (Å²) < 4.78 is 0. The van der Waals surface area contributed by atoms with Gasteiger partial charge in [-0.15, -0.1) is 0 Å². The first-order valence-corrected chi connectivity index (χ1v) is 7.76. The molecule has 2 atom stereocenters. The van der Waals surface area contributed by atoms with Gasteiger partial charge in [0.2, 0.25) is 0 Å². The second-order valence-corrected chi connectivity index (χ2v) is 5.38. The lowest BCUT2D eigenvalue weighted by Gasteiger charge is -2.15. The third-order valence-electron chi connectivity index (χ3n) is 3.56. The smallest absolute Gasteiger partial charge is 0.0713 e. The van der Waals surface area contributed by atoms with Gasteiger partial charge in [0.25, 0.3) is 0 Å². The van der Waals surface area contributed by atoms with Crippen LogP contribution in [0.3, 0.4) is 0 Å². The molecule has 0 heterocycles. The second-order valence-electron chi connectivity index (χ2n) is 5.38. The van der Waals surface area contributed by atoms with Crippen LogP contribution in [0.25, 0.3) is 0 Å². The first-order valence-electron chi connectivity index (χ1n) is 7.76. The molecule has 0 aromatic rings.